The highest BCUT2D eigenvalue weighted by atomic mass is 19.1. The molecule has 0 saturated heterocycles. The van der Waals surface area contributed by atoms with Crippen LogP contribution >= 0.6 is 0 Å². The predicted octanol–water partition coefficient (Wildman–Crippen LogP) is 3.00. The third-order valence-electron chi connectivity index (χ3n) is 5.27. The molecular formula is C23H17F2N7O. The van der Waals surface area contributed by atoms with Crippen molar-refractivity contribution in [2.24, 2.45) is 7.05 Å². The van der Waals surface area contributed by atoms with Crippen molar-refractivity contribution in [2.45, 2.75) is 6.42 Å². The third-order valence-corrected chi connectivity index (χ3v) is 5.27. The van der Waals surface area contributed by atoms with Gasteiger partial charge in [0.1, 0.15) is 11.6 Å². The Kier molecular flexibility index (Phi) is 4.89. The van der Waals surface area contributed by atoms with Crippen LogP contribution in [-0.2, 0) is 13.5 Å². The van der Waals surface area contributed by atoms with Crippen molar-refractivity contribution in [3.8, 4) is 22.5 Å². The summed E-state index contributed by atoms with van der Waals surface area (Å²) in [5, 5.41) is 4.40. The molecule has 0 amide bonds. The molecule has 4 aromatic heterocycles. The first-order valence-electron chi connectivity index (χ1n) is 9.99. The largest absolute Gasteiger partial charge is 0.368 e. The van der Waals surface area contributed by atoms with Gasteiger partial charge in [-0.1, -0.05) is 6.07 Å². The van der Waals surface area contributed by atoms with Gasteiger partial charge in [0.25, 0.3) is 5.56 Å². The molecule has 0 radical (unpaired) electrons. The Balaban J connectivity index is 1.80. The van der Waals surface area contributed by atoms with Crippen LogP contribution in [0.2, 0.25) is 0 Å². The Hall–Kier alpha value is -4.47. The van der Waals surface area contributed by atoms with E-state index >= 15 is 0 Å². The van der Waals surface area contributed by atoms with E-state index in [2.05, 4.69) is 20.1 Å². The lowest BCUT2D eigenvalue weighted by Crippen LogP contribution is -2.17. The van der Waals surface area contributed by atoms with Gasteiger partial charge in [0, 0.05) is 24.9 Å². The van der Waals surface area contributed by atoms with E-state index in [4.69, 9.17) is 5.73 Å². The highest BCUT2D eigenvalue weighted by molar-refractivity contribution is 5.89. The number of anilines is 1. The van der Waals surface area contributed by atoms with Crippen molar-refractivity contribution in [3.05, 3.63) is 94.3 Å². The fourth-order valence-corrected chi connectivity index (χ4v) is 3.64. The van der Waals surface area contributed by atoms with Crippen LogP contribution in [-0.4, -0.2) is 29.1 Å². The number of nitrogens with two attached hydrogens (primary N) is 1. The quantitative estimate of drug-likeness (QED) is 0.456. The van der Waals surface area contributed by atoms with Gasteiger partial charge >= 0.3 is 0 Å². The number of nitrogens with zero attached hydrogens (tertiary/aromatic N) is 6. The van der Waals surface area contributed by atoms with Crippen molar-refractivity contribution in [3.63, 3.8) is 0 Å². The van der Waals surface area contributed by atoms with E-state index in [0.717, 1.165) is 0 Å². The van der Waals surface area contributed by atoms with E-state index in [0.29, 0.717) is 28.2 Å². The van der Waals surface area contributed by atoms with Crippen LogP contribution in [0.5, 0.6) is 0 Å². The van der Waals surface area contributed by atoms with Gasteiger partial charge in [0.05, 0.1) is 29.1 Å². The minimum Gasteiger partial charge on any atom is -0.368 e. The first-order chi connectivity index (χ1) is 15.9. The maximum absolute atomic E-state index is 14.1. The Morgan fingerprint density at radius 3 is 2.55 bits per heavy atom. The van der Waals surface area contributed by atoms with Crippen LogP contribution in [0.1, 0.15) is 11.5 Å². The molecule has 0 fully saturated rings. The minimum absolute atomic E-state index is 0.0346. The Morgan fingerprint density at radius 1 is 1.00 bits per heavy atom. The topological polar surface area (TPSA) is 104 Å². The second-order valence-electron chi connectivity index (χ2n) is 7.38. The summed E-state index contributed by atoms with van der Waals surface area (Å²) in [6.45, 7) is 0. The van der Waals surface area contributed by atoms with Crippen molar-refractivity contribution < 1.29 is 8.78 Å². The zero-order chi connectivity index (χ0) is 23.1. The predicted molar refractivity (Wildman–Crippen MR) is 118 cm³/mol. The van der Waals surface area contributed by atoms with Crippen LogP contribution in [0.4, 0.5) is 14.7 Å². The number of benzene rings is 1. The summed E-state index contributed by atoms with van der Waals surface area (Å²) >= 11 is 0. The third kappa shape index (κ3) is 3.61. The van der Waals surface area contributed by atoms with Gasteiger partial charge < -0.3 is 10.3 Å². The number of nitrogen functional groups attached to an aromatic ring is 1. The summed E-state index contributed by atoms with van der Waals surface area (Å²) in [6, 6.07) is 13.4. The molecule has 2 N–H and O–H groups in total. The summed E-state index contributed by atoms with van der Waals surface area (Å²) in [6.07, 6.45) is 1.52. The molecule has 0 unspecified atom stereocenters. The summed E-state index contributed by atoms with van der Waals surface area (Å²) in [5.41, 5.74) is 8.46. The maximum Gasteiger partial charge on any atom is 0.250 e. The summed E-state index contributed by atoms with van der Waals surface area (Å²) in [7, 11) is 1.62. The number of aromatic nitrogens is 6. The van der Waals surface area contributed by atoms with Crippen molar-refractivity contribution in [1.82, 2.24) is 29.1 Å². The van der Waals surface area contributed by atoms with Gasteiger partial charge in [0.2, 0.25) is 5.95 Å². The smallest absolute Gasteiger partial charge is 0.250 e. The second-order valence-corrected chi connectivity index (χ2v) is 7.38. The molecule has 5 aromatic rings. The molecule has 0 bridgehead atoms. The molecule has 0 atom stereocenters. The van der Waals surface area contributed by atoms with Gasteiger partial charge in [-0.25, -0.2) is 18.7 Å². The maximum atomic E-state index is 14.1. The highest BCUT2D eigenvalue weighted by Crippen LogP contribution is 2.34. The van der Waals surface area contributed by atoms with Crippen molar-refractivity contribution in [2.75, 3.05) is 5.73 Å². The molecule has 164 valence electrons. The Bertz CT molecular complexity index is 1560. The van der Waals surface area contributed by atoms with E-state index in [1.165, 1.54) is 45.6 Å². The van der Waals surface area contributed by atoms with Crippen molar-refractivity contribution in [1.29, 1.82) is 0 Å². The number of pyridine rings is 2. The van der Waals surface area contributed by atoms with E-state index in [9.17, 15) is 13.6 Å². The van der Waals surface area contributed by atoms with Crippen molar-refractivity contribution >= 4 is 11.6 Å². The minimum atomic E-state index is -0.472. The molecule has 0 spiro atoms. The van der Waals surface area contributed by atoms with Crippen LogP contribution < -0.4 is 11.3 Å². The molecule has 0 aliphatic rings. The molecule has 10 heteroatoms. The number of hydrogen-bond donors (Lipinski definition) is 1. The number of fused-ring (bicyclic) bond motifs is 1. The van der Waals surface area contributed by atoms with Gasteiger partial charge in [-0.2, -0.15) is 4.52 Å². The number of hydrogen-bond acceptors (Lipinski definition) is 6. The zero-order valence-corrected chi connectivity index (χ0v) is 17.4. The normalized spacial score (nSPS) is 11.2. The first-order valence-corrected chi connectivity index (χ1v) is 9.99. The zero-order valence-electron chi connectivity index (χ0n) is 17.4. The van der Waals surface area contributed by atoms with Gasteiger partial charge in [-0.05, 0) is 42.5 Å². The molecule has 33 heavy (non-hydrogen) atoms. The summed E-state index contributed by atoms with van der Waals surface area (Å²) in [5.74, 6) is -0.558. The molecule has 0 aliphatic carbocycles. The molecule has 8 nitrogen and oxygen atoms in total. The fraction of sp³-hybridized carbons (Fsp3) is 0.0870. The lowest BCUT2D eigenvalue weighted by Gasteiger charge is -2.14. The van der Waals surface area contributed by atoms with E-state index in [-0.39, 0.29) is 29.4 Å². The van der Waals surface area contributed by atoms with Crippen LogP contribution in [0.25, 0.3) is 28.2 Å². The molecule has 0 aliphatic heterocycles. The SMILES string of the molecule is Cn1c(-c2c(-c3ccc(F)cc3)nc(N)n3nc(Cc4ncccc4F)nc23)cccc1=O. The van der Waals surface area contributed by atoms with Gasteiger partial charge in [0.15, 0.2) is 11.5 Å². The highest BCUT2D eigenvalue weighted by Gasteiger charge is 2.22. The van der Waals surface area contributed by atoms with Crippen LogP contribution in [0, 0.1) is 11.6 Å². The molecule has 4 heterocycles. The summed E-state index contributed by atoms with van der Waals surface area (Å²) in [4.78, 5) is 25.5. The van der Waals surface area contributed by atoms with Crippen LogP contribution in [0.3, 0.4) is 0 Å². The average Bonchev–Trinajstić information content (AvgIpc) is 3.22. The fourth-order valence-electron chi connectivity index (χ4n) is 3.64. The van der Waals surface area contributed by atoms with E-state index in [1.54, 1.807) is 31.3 Å². The van der Waals surface area contributed by atoms with E-state index < -0.39 is 11.6 Å². The Labute approximate surface area is 186 Å². The number of rotatable bonds is 4. The summed E-state index contributed by atoms with van der Waals surface area (Å²) < 4.78 is 30.5. The van der Waals surface area contributed by atoms with E-state index in [1.807, 2.05) is 0 Å². The standard InChI is InChI=1S/C23H17F2N7O/c1-31-17(5-2-6-19(31)33)20-21(13-7-9-14(24)10-8-13)29-23(26)32-22(20)28-18(30-32)12-16-15(25)4-3-11-27-16/h2-11H,12H2,1H3,(H2,26,29). The number of halogens is 2. The first kappa shape index (κ1) is 20.4. The lowest BCUT2D eigenvalue weighted by molar-refractivity contribution is 0.601. The average molecular weight is 445 g/mol. The molecule has 5 rings (SSSR count). The molecule has 1 aromatic carbocycles. The molecule has 0 saturated carbocycles. The second kappa shape index (κ2) is 7.90. The van der Waals surface area contributed by atoms with Crippen LogP contribution in [0.15, 0.2) is 65.6 Å². The Morgan fingerprint density at radius 2 is 1.79 bits per heavy atom. The van der Waals surface area contributed by atoms with Gasteiger partial charge in [-0.15, -0.1) is 5.10 Å². The monoisotopic (exact) mass is 445 g/mol. The molecular weight excluding hydrogens is 428 g/mol. The van der Waals surface area contributed by atoms with Gasteiger partial charge in [-0.3, -0.25) is 9.78 Å². The lowest BCUT2D eigenvalue weighted by atomic mass is 10.0.